The van der Waals surface area contributed by atoms with Crippen molar-refractivity contribution in [3.8, 4) is 0 Å². The first-order valence-electron chi connectivity index (χ1n) is 5.51. The number of ether oxygens (including phenoxy) is 1. The van der Waals surface area contributed by atoms with Gasteiger partial charge in [0.05, 0.1) is 0 Å². The number of cyclic esters (lactones) is 1. The highest BCUT2D eigenvalue weighted by molar-refractivity contribution is 5.94. The second-order valence-electron chi connectivity index (χ2n) is 4.19. The van der Waals surface area contributed by atoms with Crippen LogP contribution in [0.15, 0.2) is 18.2 Å². The van der Waals surface area contributed by atoms with Gasteiger partial charge in [-0.2, -0.15) is 0 Å². The van der Waals surface area contributed by atoms with E-state index in [9.17, 15) is 23.2 Å². The van der Waals surface area contributed by atoms with E-state index in [0.717, 1.165) is 25.1 Å². The summed E-state index contributed by atoms with van der Waals surface area (Å²) in [7, 11) is 0. The summed E-state index contributed by atoms with van der Waals surface area (Å²) >= 11 is 0. The van der Waals surface area contributed by atoms with Gasteiger partial charge in [0.1, 0.15) is 6.04 Å². The molecule has 0 radical (unpaired) electrons. The minimum atomic E-state index is -1.64. The third kappa shape index (κ3) is 2.20. The summed E-state index contributed by atoms with van der Waals surface area (Å²) in [6.45, 7) is 1.11. The number of hydrogen-bond donors (Lipinski definition) is 1. The number of halogens is 2. The van der Waals surface area contributed by atoms with Crippen LogP contribution in [0.5, 0.6) is 0 Å². The largest absolute Gasteiger partial charge is 0.464 e. The number of carbonyl (C=O) groups is 3. The van der Waals surface area contributed by atoms with Crippen LogP contribution in [0.4, 0.5) is 18.4 Å². The zero-order valence-corrected chi connectivity index (χ0v) is 10.2. The fraction of sp³-hybridized carbons (Fsp3) is 0.250. The number of carboxylic acid groups (broad SMARTS) is 1. The van der Waals surface area contributed by atoms with Gasteiger partial charge in [-0.05, 0) is 24.6 Å². The van der Waals surface area contributed by atoms with E-state index in [1.54, 1.807) is 0 Å². The van der Waals surface area contributed by atoms with Gasteiger partial charge >= 0.3 is 12.2 Å². The Bertz CT molecular complexity index is 604. The average molecular weight is 285 g/mol. The van der Waals surface area contributed by atoms with E-state index in [1.807, 2.05) is 0 Å². The molecule has 0 aliphatic carbocycles. The summed E-state index contributed by atoms with van der Waals surface area (Å²) < 4.78 is 30.8. The van der Waals surface area contributed by atoms with Crippen molar-refractivity contribution in [3.05, 3.63) is 35.4 Å². The third-order valence-corrected chi connectivity index (χ3v) is 2.88. The van der Waals surface area contributed by atoms with Gasteiger partial charge in [-0.1, -0.05) is 6.07 Å². The summed E-state index contributed by atoms with van der Waals surface area (Å²) in [6, 6.07) is 1.27. The van der Waals surface area contributed by atoms with Gasteiger partial charge in [0, 0.05) is 0 Å². The quantitative estimate of drug-likeness (QED) is 0.899. The van der Waals surface area contributed by atoms with Gasteiger partial charge in [0.25, 0.3) is 0 Å². The highest BCUT2D eigenvalue weighted by Crippen LogP contribution is 2.34. The molecule has 1 aromatic rings. The van der Waals surface area contributed by atoms with Crippen molar-refractivity contribution in [1.29, 1.82) is 0 Å². The van der Waals surface area contributed by atoms with Crippen molar-refractivity contribution < 1.29 is 33.0 Å². The van der Waals surface area contributed by atoms with Crippen molar-refractivity contribution >= 4 is 18.0 Å². The average Bonchev–Trinajstić information content (AvgIpc) is 2.70. The molecule has 0 saturated carbocycles. The number of hydrogen-bond acceptors (Lipinski definition) is 4. The summed E-state index contributed by atoms with van der Waals surface area (Å²) in [5.74, 6) is -2.94. The van der Waals surface area contributed by atoms with Crippen molar-refractivity contribution in [2.45, 2.75) is 19.1 Å². The lowest BCUT2D eigenvalue weighted by atomic mass is 9.98. The Kier molecular flexibility index (Phi) is 3.39. The van der Waals surface area contributed by atoms with Gasteiger partial charge in [-0.3, -0.25) is 4.79 Å². The van der Waals surface area contributed by atoms with Gasteiger partial charge < -0.3 is 9.84 Å². The van der Waals surface area contributed by atoms with Crippen LogP contribution in [0.25, 0.3) is 0 Å². The SMILES string of the molecule is CC(=O)[C@@H]1OC(=O)N(C(=O)O)[C@H]1c1ccc(F)c(F)c1. The lowest BCUT2D eigenvalue weighted by Crippen LogP contribution is -2.35. The number of amides is 2. The molecule has 1 aromatic carbocycles. The molecule has 6 nitrogen and oxygen atoms in total. The molecular formula is C12H9F2NO5. The molecule has 106 valence electrons. The molecule has 8 heteroatoms. The lowest BCUT2D eigenvalue weighted by Gasteiger charge is -2.20. The van der Waals surface area contributed by atoms with Crippen molar-refractivity contribution in [3.63, 3.8) is 0 Å². The fourth-order valence-corrected chi connectivity index (χ4v) is 2.00. The van der Waals surface area contributed by atoms with Crippen molar-refractivity contribution in [1.82, 2.24) is 4.90 Å². The Balaban J connectivity index is 2.51. The Labute approximate surface area is 111 Å². The predicted octanol–water partition coefficient (Wildman–Crippen LogP) is 2.09. The number of ketones is 1. The molecule has 2 rings (SSSR count). The number of benzene rings is 1. The van der Waals surface area contributed by atoms with Crippen molar-refractivity contribution in [2.24, 2.45) is 0 Å². The molecule has 2 amide bonds. The van der Waals surface area contributed by atoms with Crippen molar-refractivity contribution in [2.75, 3.05) is 0 Å². The molecular weight excluding hydrogens is 276 g/mol. The van der Waals surface area contributed by atoms with Gasteiger partial charge in [-0.25, -0.2) is 23.3 Å². The van der Waals surface area contributed by atoms with Crippen LogP contribution < -0.4 is 0 Å². The van der Waals surface area contributed by atoms with E-state index in [2.05, 4.69) is 4.74 Å². The molecule has 0 aromatic heterocycles. The first-order chi connectivity index (χ1) is 9.32. The molecule has 1 heterocycles. The second kappa shape index (κ2) is 4.87. The molecule has 0 unspecified atom stereocenters. The van der Waals surface area contributed by atoms with E-state index in [-0.39, 0.29) is 10.5 Å². The second-order valence-corrected chi connectivity index (χ2v) is 4.19. The van der Waals surface area contributed by atoms with Crippen LogP contribution in [-0.4, -0.2) is 34.1 Å². The van der Waals surface area contributed by atoms with Gasteiger partial charge in [0.15, 0.2) is 23.5 Å². The van der Waals surface area contributed by atoms with Crippen LogP contribution in [0.3, 0.4) is 0 Å². The van der Waals surface area contributed by atoms with Crippen LogP contribution in [0.2, 0.25) is 0 Å². The first-order valence-corrected chi connectivity index (χ1v) is 5.51. The van der Waals surface area contributed by atoms with Crippen LogP contribution in [-0.2, 0) is 9.53 Å². The summed E-state index contributed by atoms with van der Waals surface area (Å²) in [5, 5.41) is 8.98. The predicted molar refractivity (Wildman–Crippen MR) is 59.9 cm³/mol. The standard InChI is InChI=1S/C12H9F2NO5/c1-5(16)10-9(15(11(17)18)12(19)20-10)6-2-3-7(13)8(14)4-6/h2-4,9-10H,1H3,(H,17,18)/t9-,10-/m0/s1. The Morgan fingerprint density at radius 3 is 2.45 bits per heavy atom. The Morgan fingerprint density at radius 1 is 1.30 bits per heavy atom. The zero-order chi connectivity index (χ0) is 15.0. The zero-order valence-electron chi connectivity index (χ0n) is 10.2. The van der Waals surface area contributed by atoms with E-state index in [4.69, 9.17) is 5.11 Å². The van der Waals surface area contributed by atoms with E-state index >= 15 is 0 Å². The number of nitrogens with zero attached hydrogens (tertiary/aromatic N) is 1. The summed E-state index contributed by atoms with van der Waals surface area (Å²) in [4.78, 5) is 34.2. The monoisotopic (exact) mass is 285 g/mol. The molecule has 0 spiro atoms. The van der Waals surface area contributed by atoms with Crippen LogP contribution in [0, 0.1) is 11.6 Å². The third-order valence-electron chi connectivity index (χ3n) is 2.88. The van der Waals surface area contributed by atoms with Crippen LogP contribution in [0.1, 0.15) is 18.5 Å². The molecule has 1 fully saturated rings. The smallest absolute Gasteiger partial charge is 0.420 e. The molecule has 1 aliphatic heterocycles. The maximum atomic E-state index is 13.2. The molecule has 2 atom stereocenters. The van der Waals surface area contributed by atoms with E-state index < -0.39 is 41.7 Å². The van der Waals surface area contributed by atoms with Gasteiger partial charge in [0.2, 0.25) is 0 Å². The Hall–Kier alpha value is -2.51. The molecule has 1 N–H and O–H groups in total. The number of rotatable bonds is 2. The highest BCUT2D eigenvalue weighted by Gasteiger charge is 2.48. The molecule has 0 bridgehead atoms. The summed E-state index contributed by atoms with van der Waals surface area (Å²) in [5.41, 5.74) is -0.0441. The fourth-order valence-electron chi connectivity index (χ4n) is 2.00. The highest BCUT2D eigenvalue weighted by atomic mass is 19.2. The first kappa shape index (κ1) is 13.9. The normalized spacial score (nSPS) is 21.8. The molecule has 1 saturated heterocycles. The van der Waals surface area contributed by atoms with E-state index in [0.29, 0.717) is 0 Å². The van der Waals surface area contributed by atoms with Crippen LogP contribution >= 0.6 is 0 Å². The summed E-state index contributed by atoms with van der Waals surface area (Å²) in [6.07, 6.45) is -4.26. The molecule has 1 aliphatic rings. The maximum absolute atomic E-state index is 13.2. The number of Topliss-reactive ketones (excluding diaryl/α,β-unsaturated/α-hetero) is 1. The van der Waals surface area contributed by atoms with E-state index in [1.165, 1.54) is 0 Å². The minimum Gasteiger partial charge on any atom is -0.464 e. The molecule has 20 heavy (non-hydrogen) atoms. The Morgan fingerprint density at radius 2 is 1.95 bits per heavy atom. The number of carbonyl (C=O) groups excluding carboxylic acids is 2. The maximum Gasteiger partial charge on any atom is 0.420 e. The lowest BCUT2D eigenvalue weighted by molar-refractivity contribution is -0.124. The van der Waals surface area contributed by atoms with Gasteiger partial charge in [-0.15, -0.1) is 0 Å². The minimum absolute atomic E-state index is 0.0441. The topological polar surface area (TPSA) is 83.9 Å². The number of imide groups is 1.